The molecule has 1 aliphatic carbocycles. The molecule has 0 bridgehead atoms. The molecule has 1 fully saturated rings. The fourth-order valence-electron chi connectivity index (χ4n) is 2.20. The molecule has 0 aromatic heterocycles. The molecule has 84 valence electrons. The number of carbonyl (C=O) groups is 1. The van der Waals surface area contributed by atoms with Crippen LogP contribution in [0.3, 0.4) is 0 Å². The van der Waals surface area contributed by atoms with Crippen LogP contribution in [0.25, 0.3) is 0 Å². The van der Waals surface area contributed by atoms with Crippen LogP contribution in [0.4, 0.5) is 0 Å². The topological polar surface area (TPSA) is 52.9 Å². The minimum atomic E-state index is 0.194. The van der Waals surface area contributed by atoms with E-state index in [2.05, 4.69) is 18.3 Å². The Morgan fingerprint density at radius 2 is 2.33 bits per heavy atom. The predicted octanol–water partition coefficient (Wildman–Crippen LogP) is 2.23. The highest BCUT2D eigenvalue weighted by atomic mass is 16.1. The van der Waals surface area contributed by atoms with Gasteiger partial charge in [0.1, 0.15) is 0 Å². The van der Waals surface area contributed by atoms with Crippen LogP contribution in [0.5, 0.6) is 0 Å². The van der Waals surface area contributed by atoms with Crippen molar-refractivity contribution in [2.75, 3.05) is 6.54 Å². The van der Waals surface area contributed by atoms with Gasteiger partial charge < -0.3 is 5.32 Å². The van der Waals surface area contributed by atoms with Gasteiger partial charge in [-0.3, -0.25) is 4.79 Å². The third-order valence-corrected chi connectivity index (χ3v) is 3.07. The summed E-state index contributed by atoms with van der Waals surface area (Å²) in [6, 6.07) is 2.08. The summed E-state index contributed by atoms with van der Waals surface area (Å²) in [6.07, 6.45) is 5.81. The van der Waals surface area contributed by atoms with Crippen molar-refractivity contribution in [3.8, 4) is 6.07 Å². The first-order valence-corrected chi connectivity index (χ1v) is 5.88. The zero-order valence-electron chi connectivity index (χ0n) is 9.46. The molecule has 3 heteroatoms. The van der Waals surface area contributed by atoms with Gasteiger partial charge in [-0.15, -0.1) is 0 Å². The number of hydrogen-bond donors (Lipinski definition) is 1. The number of rotatable bonds is 4. The Balaban J connectivity index is 2.18. The summed E-state index contributed by atoms with van der Waals surface area (Å²) in [5, 5.41) is 11.3. The predicted molar refractivity (Wildman–Crippen MR) is 59.0 cm³/mol. The summed E-state index contributed by atoms with van der Waals surface area (Å²) in [6.45, 7) is 2.87. The summed E-state index contributed by atoms with van der Waals surface area (Å²) >= 11 is 0. The largest absolute Gasteiger partial charge is 0.356 e. The van der Waals surface area contributed by atoms with Crippen LogP contribution in [-0.4, -0.2) is 12.5 Å². The Hall–Kier alpha value is -1.04. The molecule has 3 nitrogen and oxygen atoms in total. The number of amides is 1. The molecule has 0 aromatic carbocycles. The van der Waals surface area contributed by atoms with Crippen molar-refractivity contribution in [3.63, 3.8) is 0 Å². The lowest BCUT2D eigenvalue weighted by Gasteiger charge is -2.25. The van der Waals surface area contributed by atoms with Gasteiger partial charge in [0, 0.05) is 18.9 Å². The molecule has 15 heavy (non-hydrogen) atoms. The van der Waals surface area contributed by atoms with Crippen molar-refractivity contribution < 1.29 is 4.79 Å². The quantitative estimate of drug-likeness (QED) is 0.720. The second kappa shape index (κ2) is 6.44. The molecule has 0 heterocycles. The summed E-state index contributed by atoms with van der Waals surface area (Å²) in [5.41, 5.74) is 0. The first-order valence-electron chi connectivity index (χ1n) is 5.88. The monoisotopic (exact) mass is 208 g/mol. The second-order valence-corrected chi connectivity index (χ2v) is 4.52. The maximum absolute atomic E-state index is 11.7. The lowest BCUT2D eigenvalue weighted by Crippen LogP contribution is -2.33. The SMILES string of the molecule is CC1CCCC(C(=O)NCCCC#N)C1. The summed E-state index contributed by atoms with van der Waals surface area (Å²) in [7, 11) is 0. The van der Waals surface area contributed by atoms with Crippen LogP contribution in [-0.2, 0) is 4.79 Å². The molecule has 1 rings (SSSR count). The Morgan fingerprint density at radius 1 is 1.53 bits per heavy atom. The number of carbonyl (C=O) groups excluding carboxylic acids is 1. The van der Waals surface area contributed by atoms with Gasteiger partial charge in [0.05, 0.1) is 6.07 Å². The third kappa shape index (κ3) is 4.33. The van der Waals surface area contributed by atoms with Crippen LogP contribution in [0, 0.1) is 23.2 Å². The summed E-state index contributed by atoms with van der Waals surface area (Å²) in [5.74, 6) is 1.10. The normalized spacial score (nSPS) is 25.6. The molecule has 1 N–H and O–H groups in total. The molecule has 0 saturated heterocycles. The Bertz CT molecular complexity index is 244. The number of hydrogen-bond acceptors (Lipinski definition) is 2. The zero-order valence-corrected chi connectivity index (χ0v) is 9.46. The molecule has 1 amide bonds. The minimum absolute atomic E-state index is 0.194. The molecule has 0 radical (unpaired) electrons. The standard InChI is InChI=1S/C12H20N2O/c1-10-5-4-6-11(9-10)12(15)14-8-3-2-7-13/h10-11H,2-6,8-9H2,1H3,(H,14,15). The molecule has 1 aliphatic rings. The van der Waals surface area contributed by atoms with Crippen LogP contribution in [0.1, 0.15) is 45.4 Å². The zero-order chi connectivity index (χ0) is 11.1. The van der Waals surface area contributed by atoms with E-state index in [-0.39, 0.29) is 11.8 Å². The summed E-state index contributed by atoms with van der Waals surface area (Å²) in [4.78, 5) is 11.7. The average Bonchev–Trinajstić information content (AvgIpc) is 2.24. The van der Waals surface area contributed by atoms with E-state index in [0.29, 0.717) is 18.9 Å². The van der Waals surface area contributed by atoms with Gasteiger partial charge in [-0.25, -0.2) is 0 Å². The van der Waals surface area contributed by atoms with E-state index in [1.54, 1.807) is 0 Å². The van der Waals surface area contributed by atoms with Gasteiger partial charge >= 0.3 is 0 Å². The van der Waals surface area contributed by atoms with Gasteiger partial charge in [0.15, 0.2) is 0 Å². The lowest BCUT2D eigenvalue weighted by atomic mass is 9.82. The van der Waals surface area contributed by atoms with E-state index >= 15 is 0 Å². The van der Waals surface area contributed by atoms with Crippen LogP contribution >= 0.6 is 0 Å². The molecule has 0 aromatic rings. The van der Waals surface area contributed by atoms with Crippen molar-refractivity contribution in [2.45, 2.75) is 45.4 Å². The second-order valence-electron chi connectivity index (χ2n) is 4.52. The number of unbranched alkanes of at least 4 members (excludes halogenated alkanes) is 1. The van der Waals surface area contributed by atoms with Crippen LogP contribution in [0.2, 0.25) is 0 Å². The van der Waals surface area contributed by atoms with Gasteiger partial charge in [-0.05, 0) is 25.2 Å². The molecule has 2 unspecified atom stereocenters. The van der Waals surface area contributed by atoms with E-state index in [0.717, 1.165) is 19.3 Å². The fraction of sp³-hybridized carbons (Fsp3) is 0.833. The first kappa shape index (κ1) is 12.0. The molecule has 0 spiro atoms. The van der Waals surface area contributed by atoms with Crippen molar-refractivity contribution in [3.05, 3.63) is 0 Å². The summed E-state index contributed by atoms with van der Waals surface area (Å²) < 4.78 is 0. The number of nitrogens with zero attached hydrogens (tertiary/aromatic N) is 1. The Morgan fingerprint density at radius 3 is 3.00 bits per heavy atom. The fourth-order valence-corrected chi connectivity index (χ4v) is 2.20. The van der Waals surface area contributed by atoms with E-state index < -0.39 is 0 Å². The molecule has 2 atom stereocenters. The highest BCUT2D eigenvalue weighted by molar-refractivity contribution is 5.78. The van der Waals surface area contributed by atoms with Crippen molar-refractivity contribution in [1.29, 1.82) is 5.26 Å². The maximum Gasteiger partial charge on any atom is 0.223 e. The van der Waals surface area contributed by atoms with E-state index in [4.69, 9.17) is 5.26 Å². The average molecular weight is 208 g/mol. The highest BCUT2D eigenvalue weighted by Gasteiger charge is 2.24. The molecule has 1 saturated carbocycles. The minimum Gasteiger partial charge on any atom is -0.356 e. The van der Waals surface area contributed by atoms with E-state index in [9.17, 15) is 4.79 Å². The van der Waals surface area contributed by atoms with Crippen LogP contribution < -0.4 is 5.32 Å². The van der Waals surface area contributed by atoms with Crippen molar-refractivity contribution in [1.82, 2.24) is 5.32 Å². The van der Waals surface area contributed by atoms with Crippen molar-refractivity contribution in [2.24, 2.45) is 11.8 Å². The maximum atomic E-state index is 11.7. The molecular formula is C12H20N2O. The lowest BCUT2D eigenvalue weighted by molar-refractivity contribution is -0.126. The van der Waals surface area contributed by atoms with Crippen LogP contribution in [0.15, 0.2) is 0 Å². The Kier molecular flexibility index (Phi) is 5.17. The van der Waals surface area contributed by atoms with Gasteiger partial charge in [-0.2, -0.15) is 5.26 Å². The Labute approximate surface area is 91.9 Å². The third-order valence-electron chi connectivity index (χ3n) is 3.07. The van der Waals surface area contributed by atoms with Crippen molar-refractivity contribution >= 4 is 5.91 Å². The van der Waals surface area contributed by atoms with Gasteiger partial charge in [0.25, 0.3) is 0 Å². The van der Waals surface area contributed by atoms with Gasteiger partial charge in [0.2, 0.25) is 5.91 Å². The van der Waals surface area contributed by atoms with Gasteiger partial charge in [-0.1, -0.05) is 19.8 Å². The first-order chi connectivity index (χ1) is 7.24. The molecule has 0 aliphatic heterocycles. The van der Waals surface area contributed by atoms with E-state index in [1.165, 1.54) is 12.8 Å². The smallest absolute Gasteiger partial charge is 0.223 e. The number of nitriles is 1. The number of nitrogens with one attached hydrogen (secondary N) is 1. The molecular weight excluding hydrogens is 188 g/mol. The van der Waals surface area contributed by atoms with E-state index in [1.807, 2.05) is 0 Å². The highest BCUT2D eigenvalue weighted by Crippen LogP contribution is 2.28.